The summed E-state index contributed by atoms with van der Waals surface area (Å²) < 4.78 is 11.7. The minimum atomic E-state index is 0.996. The van der Waals surface area contributed by atoms with Crippen LogP contribution in [0.5, 0.6) is 0 Å². The molecule has 0 saturated carbocycles. The third kappa shape index (κ3) is 1.41. The van der Waals surface area contributed by atoms with Gasteiger partial charge in [-0.05, 0) is 41.1 Å². The zero-order valence-corrected chi connectivity index (χ0v) is 14.6. The van der Waals surface area contributed by atoms with Crippen molar-refractivity contribution in [3.63, 3.8) is 0 Å². The van der Waals surface area contributed by atoms with Gasteiger partial charge in [-0.2, -0.15) is 0 Å². The molecule has 7 rings (SSSR count). The van der Waals surface area contributed by atoms with Crippen molar-refractivity contribution in [3.05, 3.63) is 60.7 Å². The summed E-state index contributed by atoms with van der Waals surface area (Å²) in [7, 11) is 0. The molecule has 3 aromatic heterocycles. The highest BCUT2D eigenvalue weighted by Gasteiger charge is 2.20. The van der Waals surface area contributed by atoms with Crippen LogP contribution in [0.2, 0.25) is 0 Å². The van der Waals surface area contributed by atoms with Crippen LogP contribution in [0.25, 0.3) is 62.3 Å². The summed E-state index contributed by atoms with van der Waals surface area (Å²) in [5, 5.41) is 7.88. The van der Waals surface area contributed by atoms with E-state index in [-0.39, 0.29) is 0 Å². The summed E-state index contributed by atoms with van der Waals surface area (Å²) in [6.45, 7) is 0. The van der Waals surface area contributed by atoms with Gasteiger partial charge in [0.2, 0.25) is 0 Å². The smallest absolute Gasteiger partial charge is 0.137 e. The van der Waals surface area contributed by atoms with Gasteiger partial charge in [0.1, 0.15) is 11.2 Å². The average Bonchev–Trinajstić information content (AvgIpc) is 3.13. The van der Waals surface area contributed by atoms with Crippen LogP contribution >= 0.6 is 22.7 Å². The monoisotopic (exact) mass is 354 g/mol. The van der Waals surface area contributed by atoms with Crippen LogP contribution in [0.3, 0.4) is 0 Å². The van der Waals surface area contributed by atoms with Crippen LogP contribution in [0.15, 0.2) is 65.1 Å². The summed E-state index contributed by atoms with van der Waals surface area (Å²) in [5.41, 5.74) is 1.99. The van der Waals surface area contributed by atoms with Crippen molar-refractivity contribution in [3.8, 4) is 0 Å². The van der Waals surface area contributed by atoms with E-state index in [0.717, 1.165) is 11.2 Å². The molecule has 0 aliphatic rings. The Morgan fingerprint density at radius 1 is 0.600 bits per heavy atom. The molecule has 4 aromatic carbocycles. The number of fused-ring (bicyclic) bond motifs is 2. The zero-order valence-electron chi connectivity index (χ0n) is 13.0. The van der Waals surface area contributed by atoms with Crippen LogP contribution in [0.1, 0.15) is 0 Å². The minimum absolute atomic E-state index is 0.996. The number of hydrogen-bond acceptors (Lipinski definition) is 3. The normalized spacial score (nSPS) is 12.8. The Balaban J connectivity index is 2.02. The van der Waals surface area contributed by atoms with Gasteiger partial charge in [0, 0.05) is 40.3 Å². The Labute approximate surface area is 150 Å². The third-order valence-electron chi connectivity index (χ3n) is 5.23. The second-order valence-electron chi connectivity index (χ2n) is 6.55. The molecule has 0 spiro atoms. The van der Waals surface area contributed by atoms with Gasteiger partial charge in [-0.1, -0.05) is 30.3 Å². The number of hydrogen-bond donors (Lipinski definition) is 0. The Morgan fingerprint density at radius 3 is 2.40 bits per heavy atom. The van der Waals surface area contributed by atoms with Gasteiger partial charge >= 0.3 is 0 Å². The summed E-state index contributed by atoms with van der Waals surface area (Å²) in [4.78, 5) is 0. The van der Waals surface area contributed by atoms with Gasteiger partial charge in [0.25, 0.3) is 0 Å². The maximum Gasteiger partial charge on any atom is 0.137 e. The quantitative estimate of drug-likeness (QED) is 0.271. The van der Waals surface area contributed by atoms with Crippen LogP contribution in [-0.4, -0.2) is 0 Å². The third-order valence-corrected chi connectivity index (χ3v) is 7.54. The maximum absolute atomic E-state index is 6.29. The Morgan fingerprint density at radius 2 is 1.44 bits per heavy atom. The van der Waals surface area contributed by atoms with E-state index in [1.165, 1.54) is 51.1 Å². The molecular formula is C22H10OS2. The highest BCUT2D eigenvalue weighted by atomic mass is 32.1. The first-order valence-electron chi connectivity index (χ1n) is 8.28. The molecule has 0 aliphatic heterocycles. The molecule has 0 unspecified atom stereocenters. The second-order valence-corrected chi connectivity index (χ2v) is 8.68. The Bertz CT molecular complexity index is 1590. The fourth-order valence-corrected chi connectivity index (χ4v) is 6.70. The predicted octanol–water partition coefficient (Wildman–Crippen LogP) is 7.76. The van der Waals surface area contributed by atoms with Gasteiger partial charge in [-0.3, -0.25) is 0 Å². The van der Waals surface area contributed by atoms with Gasteiger partial charge in [-0.25, -0.2) is 0 Å². The topological polar surface area (TPSA) is 13.1 Å². The molecule has 3 heteroatoms. The number of rotatable bonds is 0. The molecule has 0 aliphatic carbocycles. The highest BCUT2D eigenvalue weighted by molar-refractivity contribution is 7.29. The Hall–Kier alpha value is -2.62. The van der Waals surface area contributed by atoms with Gasteiger partial charge in [0.05, 0.1) is 0 Å². The van der Waals surface area contributed by atoms with Crippen LogP contribution < -0.4 is 0 Å². The van der Waals surface area contributed by atoms with E-state index in [2.05, 4.69) is 60.7 Å². The van der Waals surface area contributed by atoms with E-state index in [0.29, 0.717) is 0 Å². The average molecular weight is 354 g/mol. The first-order chi connectivity index (χ1) is 12.4. The van der Waals surface area contributed by atoms with E-state index in [9.17, 15) is 0 Å². The molecule has 7 aromatic rings. The number of furan rings is 1. The fraction of sp³-hybridized carbons (Fsp3) is 0. The molecule has 3 heterocycles. The van der Waals surface area contributed by atoms with Crippen LogP contribution in [-0.2, 0) is 0 Å². The van der Waals surface area contributed by atoms with Crippen molar-refractivity contribution < 1.29 is 4.42 Å². The van der Waals surface area contributed by atoms with Crippen molar-refractivity contribution in [2.24, 2.45) is 0 Å². The first-order valence-corrected chi connectivity index (χ1v) is 9.92. The van der Waals surface area contributed by atoms with Crippen molar-refractivity contribution in [1.29, 1.82) is 0 Å². The number of benzene rings is 4. The van der Waals surface area contributed by atoms with Gasteiger partial charge in [-0.15, -0.1) is 22.7 Å². The molecule has 0 saturated heterocycles. The summed E-state index contributed by atoms with van der Waals surface area (Å²) in [6.07, 6.45) is 0. The molecule has 0 N–H and O–H groups in total. The standard InChI is InChI=1S/C22H10OS2/c1-2-5-12-11(4-1)10-14-19-18-13(23-14)8-9-17-21(18)20-15(24-17)6-3-7-16(20)25-22(12)19/h1-10H. The van der Waals surface area contributed by atoms with Crippen molar-refractivity contribution in [2.45, 2.75) is 0 Å². The Kier molecular flexibility index (Phi) is 2.10. The zero-order chi connectivity index (χ0) is 16.1. The fourth-order valence-electron chi connectivity index (χ4n) is 4.22. The van der Waals surface area contributed by atoms with Crippen molar-refractivity contribution in [2.75, 3.05) is 0 Å². The van der Waals surface area contributed by atoms with E-state index in [1.54, 1.807) is 0 Å². The SMILES string of the molecule is c1ccc2c(c1)cc1oc3ccc4sc5cccc6sc2c1c3c4c56. The van der Waals surface area contributed by atoms with Crippen LogP contribution in [0, 0.1) is 0 Å². The summed E-state index contributed by atoms with van der Waals surface area (Å²) in [5.74, 6) is 0. The van der Waals surface area contributed by atoms with Crippen molar-refractivity contribution in [1.82, 2.24) is 0 Å². The first kappa shape index (κ1) is 12.7. The summed E-state index contributed by atoms with van der Waals surface area (Å²) in [6, 6.07) is 21.9. The summed E-state index contributed by atoms with van der Waals surface area (Å²) >= 11 is 3.77. The molecule has 0 fully saturated rings. The molecule has 116 valence electrons. The van der Waals surface area contributed by atoms with E-state index < -0.39 is 0 Å². The molecule has 25 heavy (non-hydrogen) atoms. The molecule has 0 radical (unpaired) electrons. The highest BCUT2D eigenvalue weighted by Crippen LogP contribution is 2.49. The lowest BCUT2D eigenvalue weighted by atomic mass is 10.0. The molecule has 1 nitrogen and oxygen atoms in total. The second kappa shape index (κ2) is 4.13. The molecule has 0 amide bonds. The number of thiophene rings is 1. The predicted molar refractivity (Wildman–Crippen MR) is 111 cm³/mol. The van der Waals surface area contributed by atoms with Gasteiger partial charge in [0.15, 0.2) is 0 Å². The minimum Gasteiger partial charge on any atom is -0.456 e. The lowest BCUT2D eigenvalue weighted by Gasteiger charge is -2.00. The molecular weight excluding hydrogens is 344 g/mol. The van der Waals surface area contributed by atoms with E-state index >= 15 is 0 Å². The molecule has 0 atom stereocenters. The lowest BCUT2D eigenvalue weighted by molar-refractivity contribution is 0.670. The lowest BCUT2D eigenvalue weighted by Crippen LogP contribution is -1.74. The molecule has 0 bridgehead atoms. The maximum atomic E-state index is 6.29. The van der Waals surface area contributed by atoms with E-state index in [1.807, 2.05) is 22.7 Å². The largest absolute Gasteiger partial charge is 0.456 e. The van der Waals surface area contributed by atoms with Crippen molar-refractivity contribution >= 4 is 85.0 Å². The van der Waals surface area contributed by atoms with E-state index in [4.69, 9.17) is 4.42 Å². The van der Waals surface area contributed by atoms with Crippen LogP contribution in [0.4, 0.5) is 0 Å². The van der Waals surface area contributed by atoms with Gasteiger partial charge < -0.3 is 4.42 Å².